The minimum Gasteiger partial charge on any atom is -0.444 e. The minimum atomic E-state index is -3.33. The second-order valence-electron chi connectivity index (χ2n) is 9.66. The van der Waals surface area contributed by atoms with E-state index in [4.69, 9.17) is 9.47 Å². The number of benzene rings is 1. The molecule has 2 heterocycles. The monoisotopic (exact) mass is 494 g/mol. The number of alkyl halides is 1. The van der Waals surface area contributed by atoms with Crippen molar-refractivity contribution >= 4 is 16.1 Å². The van der Waals surface area contributed by atoms with Crippen molar-refractivity contribution in [2.24, 2.45) is 0 Å². The van der Waals surface area contributed by atoms with Crippen molar-refractivity contribution < 1.29 is 27.1 Å². The van der Waals surface area contributed by atoms with Crippen LogP contribution in [0.1, 0.15) is 52.1 Å². The Morgan fingerprint density at radius 3 is 2.26 bits per heavy atom. The number of aromatic nitrogens is 2. The number of ether oxygens (including phenoxy) is 2. The largest absolute Gasteiger partial charge is 0.444 e. The molecule has 34 heavy (non-hydrogen) atoms. The molecule has 9 nitrogen and oxygen atoms in total. The van der Waals surface area contributed by atoms with Crippen LogP contribution < -0.4 is 4.72 Å². The van der Waals surface area contributed by atoms with Crippen molar-refractivity contribution in [2.75, 3.05) is 12.9 Å². The van der Waals surface area contributed by atoms with Crippen molar-refractivity contribution in [1.82, 2.24) is 19.6 Å². The number of nitrogens with zero attached hydrogens (tertiary/aromatic N) is 3. The lowest BCUT2D eigenvalue weighted by molar-refractivity contribution is -0.0797. The third kappa shape index (κ3) is 6.28. The Balaban J connectivity index is 1.78. The van der Waals surface area contributed by atoms with Crippen LogP contribution in [0.2, 0.25) is 0 Å². The molecule has 0 spiro atoms. The molecule has 0 radical (unpaired) electrons. The van der Waals surface area contributed by atoms with E-state index in [-0.39, 0.29) is 6.54 Å². The lowest BCUT2D eigenvalue weighted by Crippen LogP contribution is -2.50. The zero-order chi connectivity index (χ0) is 25.3. The predicted molar refractivity (Wildman–Crippen MR) is 125 cm³/mol. The van der Waals surface area contributed by atoms with E-state index in [0.717, 1.165) is 22.9 Å². The van der Waals surface area contributed by atoms with Crippen molar-refractivity contribution in [3.8, 4) is 11.1 Å². The Hall–Kier alpha value is -2.63. The number of hydrogen-bond acceptors (Lipinski definition) is 7. The lowest BCUT2D eigenvalue weighted by Gasteiger charge is -2.34. The molecule has 1 N–H and O–H groups in total. The Morgan fingerprint density at radius 2 is 1.76 bits per heavy atom. The zero-order valence-corrected chi connectivity index (χ0v) is 21.0. The van der Waals surface area contributed by atoms with E-state index >= 15 is 0 Å². The molecule has 1 fully saturated rings. The second kappa shape index (κ2) is 9.55. The summed E-state index contributed by atoms with van der Waals surface area (Å²) < 4.78 is 50.5. The van der Waals surface area contributed by atoms with Gasteiger partial charge in [0.25, 0.3) is 0 Å². The molecule has 2 atom stereocenters. The number of nitrogens with one attached hydrogen (secondary N) is 1. The first-order valence-corrected chi connectivity index (χ1v) is 12.7. The van der Waals surface area contributed by atoms with Gasteiger partial charge in [-0.05, 0) is 45.7 Å². The summed E-state index contributed by atoms with van der Waals surface area (Å²) in [4.78, 5) is 22.5. The van der Waals surface area contributed by atoms with Crippen LogP contribution in [0.5, 0.6) is 0 Å². The van der Waals surface area contributed by atoms with Gasteiger partial charge in [0.05, 0.1) is 18.8 Å². The Kier molecular flexibility index (Phi) is 7.30. The number of carbonyl (C=O) groups excluding carboxylic acids is 1. The quantitative estimate of drug-likeness (QED) is 0.653. The number of sulfonamides is 1. The number of hydrogen-bond donors (Lipinski definition) is 1. The van der Waals surface area contributed by atoms with Crippen LogP contribution in [0, 0.1) is 0 Å². The molecular weight excluding hydrogens is 463 g/mol. The first-order valence-electron chi connectivity index (χ1n) is 10.8. The molecule has 1 aliphatic heterocycles. The van der Waals surface area contributed by atoms with E-state index in [0.29, 0.717) is 5.82 Å². The van der Waals surface area contributed by atoms with E-state index in [1.807, 2.05) is 24.3 Å². The minimum absolute atomic E-state index is 0.00558. The van der Waals surface area contributed by atoms with E-state index in [1.54, 1.807) is 47.0 Å². The molecule has 2 unspecified atom stereocenters. The smallest absolute Gasteiger partial charge is 0.413 e. The Labute approximate surface area is 199 Å². The van der Waals surface area contributed by atoms with E-state index < -0.39 is 46.3 Å². The molecule has 2 aromatic rings. The average molecular weight is 495 g/mol. The lowest BCUT2D eigenvalue weighted by atomic mass is 10.00. The van der Waals surface area contributed by atoms with E-state index in [2.05, 4.69) is 14.7 Å². The summed E-state index contributed by atoms with van der Waals surface area (Å²) >= 11 is 0. The molecule has 0 saturated carbocycles. The third-order valence-corrected chi connectivity index (χ3v) is 5.86. The first kappa shape index (κ1) is 26.0. The number of rotatable bonds is 6. The molecule has 1 saturated heterocycles. The van der Waals surface area contributed by atoms with E-state index in [1.165, 1.54) is 4.90 Å². The molecule has 1 amide bonds. The summed E-state index contributed by atoms with van der Waals surface area (Å²) in [6.45, 7) is 7.92. The standard InChI is InChI=1S/C23H31FN4O5S/c1-22(2,3)33-21(29)28-18(11-24)20(32-23(28,4)5)16-9-7-15(8-10-16)17-12-25-19(26-13-17)14-27-34(6,30)31/h7-10,12-13,18,20,27H,11,14H2,1-6H3. The zero-order valence-electron chi connectivity index (χ0n) is 20.2. The molecule has 1 aromatic carbocycles. The fourth-order valence-corrected chi connectivity index (χ4v) is 4.13. The van der Waals surface area contributed by atoms with Gasteiger partial charge in [0.15, 0.2) is 0 Å². The second-order valence-corrected chi connectivity index (χ2v) is 11.5. The van der Waals surface area contributed by atoms with Gasteiger partial charge in [-0.3, -0.25) is 4.90 Å². The highest BCUT2D eigenvalue weighted by Crippen LogP contribution is 2.42. The van der Waals surface area contributed by atoms with Crippen LogP contribution in [0.3, 0.4) is 0 Å². The van der Waals surface area contributed by atoms with Gasteiger partial charge in [-0.2, -0.15) is 0 Å². The van der Waals surface area contributed by atoms with Gasteiger partial charge in [0.1, 0.15) is 29.9 Å². The molecule has 186 valence electrons. The summed E-state index contributed by atoms with van der Waals surface area (Å²) in [5.74, 6) is 0.348. The maximum atomic E-state index is 14.2. The Bertz CT molecular complexity index is 1120. The van der Waals surface area contributed by atoms with Gasteiger partial charge in [0.2, 0.25) is 10.0 Å². The molecule has 1 aliphatic rings. The molecule has 0 bridgehead atoms. The van der Waals surface area contributed by atoms with Crippen molar-refractivity contribution in [1.29, 1.82) is 0 Å². The highest BCUT2D eigenvalue weighted by atomic mass is 32.2. The van der Waals surface area contributed by atoms with Crippen LogP contribution >= 0.6 is 0 Å². The molecule has 1 aromatic heterocycles. The van der Waals surface area contributed by atoms with Crippen LogP contribution in [0.4, 0.5) is 9.18 Å². The normalized spacial score (nSPS) is 20.4. The fraction of sp³-hybridized carbons (Fsp3) is 0.522. The molecule has 3 rings (SSSR count). The summed E-state index contributed by atoms with van der Waals surface area (Å²) in [5, 5.41) is 0. The van der Waals surface area contributed by atoms with Crippen LogP contribution in [-0.2, 0) is 26.0 Å². The summed E-state index contributed by atoms with van der Waals surface area (Å²) in [6, 6.07) is 6.47. The maximum Gasteiger partial charge on any atom is 0.413 e. The van der Waals surface area contributed by atoms with Crippen LogP contribution in [0.25, 0.3) is 11.1 Å². The molecule has 0 aliphatic carbocycles. The van der Waals surface area contributed by atoms with Crippen LogP contribution in [-0.4, -0.2) is 59.7 Å². The van der Waals surface area contributed by atoms with Gasteiger partial charge < -0.3 is 9.47 Å². The SMILES string of the molecule is CC(C)(C)OC(=O)N1C(CF)C(c2ccc(-c3cnc(CNS(C)(=O)=O)nc3)cc2)OC1(C)C. The number of amides is 1. The third-order valence-electron chi connectivity index (χ3n) is 5.20. The highest BCUT2D eigenvalue weighted by molar-refractivity contribution is 7.88. The van der Waals surface area contributed by atoms with Gasteiger partial charge in [0, 0.05) is 18.0 Å². The predicted octanol–water partition coefficient (Wildman–Crippen LogP) is 3.58. The first-order chi connectivity index (χ1) is 15.7. The van der Waals surface area contributed by atoms with Crippen molar-refractivity contribution in [3.63, 3.8) is 0 Å². The highest BCUT2D eigenvalue weighted by Gasteiger charge is 2.51. The van der Waals surface area contributed by atoms with E-state index in [9.17, 15) is 17.6 Å². The maximum absolute atomic E-state index is 14.2. The topological polar surface area (TPSA) is 111 Å². The van der Waals surface area contributed by atoms with Crippen molar-refractivity contribution in [2.45, 2.75) is 64.6 Å². The number of carbonyl (C=O) groups is 1. The van der Waals surface area contributed by atoms with Crippen molar-refractivity contribution in [3.05, 3.63) is 48.0 Å². The van der Waals surface area contributed by atoms with Gasteiger partial charge in [-0.25, -0.2) is 32.3 Å². The summed E-state index contributed by atoms with van der Waals surface area (Å²) in [6.07, 6.45) is 2.98. The Morgan fingerprint density at radius 1 is 1.18 bits per heavy atom. The molecule has 11 heteroatoms. The summed E-state index contributed by atoms with van der Waals surface area (Å²) in [5.41, 5.74) is 0.517. The van der Waals surface area contributed by atoms with Gasteiger partial charge in [-0.15, -0.1) is 0 Å². The average Bonchev–Trinajstić information content (AvgIpc) is 3.01. The molecular formula is C23H31FN4O5S. The van der Waals surface area contributed by atoms with Gasteiger partial charge in [-0.1, -0.05) is 24.3 Å². The van der Waals surface area contributed by atoms with Gasteiger partial charge >= 0.3 is 6.09 Å². The summed E-state index contributed by atoms with van der Waals surface area (Å²) in [7, 11) is -3.33. The number of halogens is 1. The fourth-order valence-electron chi connectivity index (χ4n) is 3.74. The van der Waals surface area contributed by atoms with Crippen LogP contribution in [0.15, 0.2) is 36.7 Å².